The lowest BCUT2D eigenvalue weighted by Crippen LogP contribution is -2.41. The molecule has 0 heterocycles. The lowest BCUT2D eigenvalue weighted by molar-refractivity contribution is 0.229. The van der Waals surface area contributed by atoms with Crippen LogP contribution in [0.5, 0.6) is 0 Å². The van der Waals surface area contributed by atoms with Crippen molar-refractivity contribution >= 4 is 27.5 Å². The van der Waals surface area contributed by atoms with Crippen LogP contribution in [0.2, 0.25) is 5.02 Å². The van der Waals surface area contributed by atoms with E-state index in [4.69, 9.17) is 11.6 Å². The van der Waals surface area contributed by atoms with Gasteiger partial charge >= 0.3 is 0 Å². The van der Waals surface area contributed by atoms with Gasteiger partial charge in [0.1, 0.15) is 0 Å². The van der Waals surface area contributed by atoms with Crippen LogP contribution < -0.4 is 5.32 Å². The Morgan fingerprint density at radius 2 is 2.24 bits per heavy atom. The number of benzene rings is 1. The molecule has 1 unspecified atom stereocenters. The topological polar surface area (TPSA) is 12.0 Å². The molecule has 1 aromatic carbocycles. The molecule has 0 aromatic heterocycles. The Kier molecular flexibility index (Phi) is 4.89. The number of halogens is 2. The van der Waals surface area contributed by atoms with Gasteiger partial charge in [0.05, 0.1) is 0 Å². The standard InChI is InChI=1S/C14H19BrClN/c1-2-17-14(10-4-3-5-10)8-11-6-7-12(15)9-13(11)16/h6-7,9-10,14,17H,2-5,8H2,1H3. The number of likely N-dealkylation sites (N-methyl/N-ethyl adjacent to an activating group) is 1. The van der Waals surface area contributed by atoms with Crippen LogP contribution in [0.15, 0.2) is 22.7 Å². The van der Waals surface area contributed by atoms with Gasteiger partial charge in [-0.25, -0.2) is 0 Å². The summed E-state index contributed by atoms with van der Waals surface area (Å²) in [6, 6.07) is 6.79. The molecule has 0 bridgehead atoms. The van der Waals surface area contributed by atoms with Gasteiger partial charge in [0.15, 0.2) is 0 Å². The Labute approximate surface area is 117 Å². The van der Waals surface area contributed by atoms with E-state index < -0.39 is 0 Å². The highest BCUT2D eigenvalue weighted by atomic mass is 79.9. The summed E-state index contributed by atoms with van der Waals surface area (Å²) < 4.78 is 1.05. The zero-order valence-electron chi connectivity index (χ0n) is 10.2. The summed E-state index contributed by atoms with van der Waals surface area (Å²) in [5, 5.41) is 4.48. The van der Waals surface area contributed by atoms with E-state index in [1.54, 1.807) is 0 Å². The van der Waals surface area contributed by atoms with Crippen molar-refractivity contribution in [3.8, 4) is 0 Å². The largest absolute Gasteiger partial charge is 0.314 e. The Morgan fingerprint density at radius 3 is 2.76 bits per heavy atom. The zero-order chi connectivity index (χ0) is 12.3. The summed E-state index contributed by atoms with van der Waals surface area (Å²) in [4.78, 5) is 0. The predicted molar refractivity (Wildman–Crippen MR) is 77.7 cm³/mol. The minimum Gasteiger partial charge on any atom is -0.314 e. The molecule has 0 spiro atoms. The third-order valence-corrected chi connectivity index (χ3v) is 4.49. The first-order valence-electron chi connectivity index (χ1n) is 6.38. The summed E-state index contributed by atoms with van der Waals surface area (Å²) in [6.07, 6.45) is 5.17. The first kappa shape index (κ1) is 13.4. The van der Waals surface area contributed by atoms with E-state index in [1.165, 1.54) is 24.8 Å². The molecular formula is C14H19BrClN. The maximum Gasteiger partial charge on any atom is 0.0449 e. The SMILES string of the molecule is CCNC(Cc1ccc(Br)cc1Cl)C1CCC1. The summed E-state index contributed by atoms with van der Waals surface area (Å²) in [5.41, 5.74) is 1.26. The summed E-state index contributed by atoms with van der Waals surface area (Å²) >= 11 is 9.73. The lowest BCUT2D eigenvalue weighted by atomic mass is 9.77. The predicted octanol–water partition coefficient (Wildman–Crippen LogP) is 4.42. The van der Waals surface area contributed by atoms with Crippen molar-refractivity contribution in [3.63, 3.8) is 0 Å². The Morgan fingerprint density at radius 1 is 1.47 bits per heavy atom. The Balaban J connectivity index is 2.05. The summed E-state index contributed by atoms with van der Waals surface area (Å²) in [6.45, 7) is 3.21. The highest BCUT2D eigenvalue weighted by Gasteiger charge is 2.27. The molecule has 3 heteroatoms. The van der Waals surface area contributed by atoms with Gasteiger partial charge in [-0.1, -0.05) is 46.9 Å². The molecule has 0 radical (unpaired) electrons. The summed E-state index contributed by atoms with van der Waals surface area (Å²) in [7, 11) is 0. The van der Waals surface area contributed by atoms with Crippen LogP contribution in [0.4, 0.5) is 0 Å². The van der Waals surface area contributed by atoms with Crippen LogP contribution in [0, 0.1) is 5.92 Å². The summed E-state index contributed by atoms with van der Waals surface area (Å²) in [5.74, 6) is 0.842. The maximum absolute atomic E-state index is 6.28. The molecule has 0 amide bonds. The van der Waals surface area contributed by atoms with E-state index in [0.29, 0.717) is 6.04 Å². The zero-order valence-corrected chi connectivity index (χ0v) is 12.5. The fraction of sp³-hybridized carbons (Fsp3) is 0.571. The van der Waals surface area contributed by atoms with Crippen molar-refractivity contribution in [2.45, 2.75) is 38.6 Å². The Bertz CT molecular complexity index is 376. The molecule has 1 nitrogen and oxygen atoms in total. The quantitative estimate of drug-likeness (QED) is 0.847. The van der Waals surface area contributed by atoms with Crippen LogP contribution in [0.1, 0.15) is 31.7 Å². The smallest absolute Gasteiger partial charge is 0.0449 e. The van der Waals surface area contributed by atoms with E-state index >= 15 is 0 Å². The van der Waals surface area contributed by atoms with Gasteiger partial charge in [0, 0.05) is 15.5 Å². The molecule has 1 aliphatic rings. The molecule has 2 rings (SSSR count). The van der Waals surface area contributed by atoms with E-state index in [2.05, 4.69) is 40.3 Å². The monoisotopic (exact) mass is 315 g/mol. The molecule has 1 N–H and O–H groups in total. The van der Waals surface area contributed by atoms with Crippen molar-refractivity contribution in [3.05, 3.63) is 33.3 Å². The van der Waals surface area contributed by atoms with E-state index in [1.807, 2.05) is 6.07 Å². The Hall–Kier alpha value is -0.0500. The average molecular weight is 317 g/mol. The van der Waals surface area contributed by atoms with Crippen molar-refractivity contribution in [1.82, 2.24) is 5.32 Å². The molecule has 17 heavy (non-hydrogen) atoms. The van der Waals surface area contributed by atoms with Gasteiger partial charge in [-0.15, -0.1) is 0 Å². The van der Waals surface area contributed by atoms with Crippen molar-refractivity contribution < 1.29 is 0 Å². The molecule has 1 atom stereocenters. The highest BCUT2D eigenvalue weighted by Crippen LogP contribution is 2.32. The van der Waals surface area contributed by atoms with E-state index in [9.17, 15) is 0 Å². The van der Waals surface area contributed by atoms with Crippen LogP contribution >= 0.6 is 27.5 Å². The van der Waals surface area contributed by atoms with Crippen LogP contribution in [-0.4, -0.2) is 12.6 Å². The normalized spacial score (nSPS) is 17.8. The van der Waals surface area contributed by atoms with E-state index in [0.717, 1.165) is 28.4 Å². The number of rotatable bonds is 5. The second kappa shape index (κ2) is 6.21. The van der Waals surface area contributed by atoms with Gasteiger partial charge in [-0.3, -0.25) is 0 Å². The average Bonchev–Trinajstić information content (AvgIpc) is 2.20. The highest BCUT2D eigenvalue weighted by molar-refractivity contribution is 9.10. The number of nitrogens with one attached hydrogen (secondary N) is 1. The van der Waals surface area contributed by atoms with Crippen molar-refractivity contribution in [1.29, 1.82) is 0 Å². The van der Waals surface area contributed by atoms with Crippen molar-refractivity contribution in [2.75, 3.05) is 6.54 Å². The second-order valence-corrected chi connectivity index (χ2v) is 6.12. The molecule has 0 saturated heterocycles. The third kappa shape index (κ3) is 3.46. The van der Waals surface area contributed by atoms with Crippen LogP contribution in [0.25, 0.3) is 0 Å². The molecule has 94 valence electrons. The number of hydrogen-bond donors (Lipinski definition) is 1. The van der Waals surface area contributed by atoms with Gasteiger partial charge in [0.25, 0.3) is 0 Å². The van der Waals surface area contributed by atoms with Gasteiger partial charge in [-0.2, -0.15) is 0 Å². The maximum atomic E-state index is 6.28. The van der Waals surface area contributed by atoms with Crippen LogP contribution in [-0.2, 0) is 6.42 Å². The van der Waals surface area contributed by atoms with Gasteiger partial charge < -0.3 is 5.32 Å². The molecule has 0 aliphatic heterocycles. The minimum absolute atomic E-state index is 0.590. The van der Waals surface area contributed by atoms with Crippen LogP contribution in [0.3, 0.4) is 0 Å². The first-order chi connectivity index (χ1) is 8.20. The lowest BCUT2D eigenvalue weighted by Gasteiger charge is -2.34. The van der Waals surface area contributed by atoms with Crippen molar-refractivity contribution in [2.24, 2.45) is 5.92 Å². The molecule has 1 saturated carbocycles. The van der Waals surface area contributed by atoms with E-state index in [-0.39, 0.29) is 0 Å². The minimum atomic E-state index is 0.590. The fourth-order valence-corrected chi connectivity index (χ4v) is 3.18. The molecule has 1 fully saturated rings. The number of hydrogen-bond acceptors (Lipinski definition) is 1. The molecule has 1 aliphatic carbocycles. The molecule has 1 aromatic rings. The fourth-order valence-electron chi connectivity index (χ4n) is 2.43. The van der Waals surface area contributed by atoms with Gasteiger partial charge in [-0.05, 0) is 49.4 Å². The second-order valence-electron chi connectivity index (χ2n) is 4.80. The third-order valence-electron chi connectivity index (χ3n) is 3.64. The molecular weight excluding hydrogens is 298 g/mol. The first-order valence-corrected chi connectivity index (χ1v) is 7.55. The van der Waals surface area contributed by atoms with Gasteiger partial charge in [0.2, 0.25) is 0 Å².